The number of fused-ring (bicyclic) bond motifs is 8. The normalized spacial score (nSPS) is 11.7. The lowest BCUT2D eigenvalue weighted by Gasteiger charge is -2.25. The maximum Gasteiger partial charge on any atom is 0.129 e. The number of anilines is 9. The molecular weight excluding hydrogens is 1080 g/mol. The van der Waals surface area contributed by atoms with E-state index in [-0.39, 0.29) is 0 Å². The third kappa shape index (κ3) is 11.1. The molecule has 0 saturated heterocycles. The number of H-pyrrole nitrogens is 2. The minimum Gasteiger partial charge on any atom is -0.354 e. The molecule has 0 atom stereocenters. The Morgan fingerprint density at radius 2 is 0.517 bits per heavy atom. The third-order valence-electron chi connectivity index (χ3n) is 15.6. The first kappa shape index (κ1) is 53.7. The van der Waals surface area contributed by atoms with Crippen LogP contribution in [0.15, 0.2) is 279 Å². The molecule has 0 aliphatic carbocycles. The number of hydrogen-bond acceptors (Lipinski definition) is 5. The second-order valence-corrected chi connectivity index (χ2v) is 27.4. The SMILES string of the molecule is C[Si](C)(C)C#Cc1c2nc(c(-c3ccc(N(c4ccccc4)c4ccccc4)cc3)c3ccc([nH]3)c(-c3ccc(N(c4ccccc4)c4ccccc4)cc3)c3nc(c(-c4ccc(N(c5ccccc5)c5ccccc5)cc4)c4ccc1[nH]4)C=C3)C=C2. The van der Waals surface area contributed by atoms with E-state index >= 15 is 0 Å². The maximum atomic E-state index is 5.69. The van der Waals surface area contributed by atoms with Gasteiger partial charge in [-0.05, 0) is 174 Å². The first-order chi connectivity index (χ1) is 42.8. The van der Waals surface area contributed by atoms with E-state index in [9.17, 15) is 0 Å². The van der Waals surface area contributed by atoms with E-state index in [2.05, 4.69) is 359 Å². The van der Waals surface area contributed by atoms with Crippen LogP contribution in [0.5, 0.6) is 0 Å². The van der Waals surface area contributed by atoms with Gasteiger partial charge in [-0.15, -0.1) is 5.54 Å². The molecule has 0 amide bonds. The van der Waals surface area contributed by atoms with Gasteiger partial charge in [-0.2, -0.15) is 0 Å². The zero-order valence-corrected chi connectivity index (χ0v) is 49.6. The molecule has 14 rings (SSSR count). The number of nitrogens with one attached hydrogen (secondary N) is 2. The largest absolute Gasteiger partial charge is 0.354 e. The smallest absolute Gasteiger partial charge is 0.129 e. The van der Waals surface area contributed by atoms with Crippen LogP contribution in [0, 0.1) is 11.5 Å². The Bertz CT molecular complexity index is 4490. The molecule has 7 nitrogen and oxygen atoms in total. The van der Waals surface area contributed by atoms with Crippen molar-refractivity contribution in [2.24, 2.45) is 0 Å². The quantitative estimate of drug-likeness (QED) is 0.0943. The molecule has 0 spiro atoms. The van der Waals surface area contributed by atoms with Crippen LogP contribution in [0.3, 0.4) is 0 Å². The van der Waals surface area contributed by atoms with Gasteiger partial charge in [0, 0.05) is 84.4 Å². The molecule has 2 aliphatic heterocycles. The van der Waals surface area contributed by atoms with Gasteiger partial charge in [0.25, 0.3) is 0 Å². The summed E-state index contributed by atoms with van der Waals surface area (Å²) < 4.78 is 0. The summed E-state index contributed by atoms with van der Waals surface area (Å²) in [5.41, 5.74) is 27.0. The van der Waals surface area contributed by atoms with E-state index in [1.165, 1.54) is 0 Å². The van der Waals surface area contributed by atoms with E-state index in [4.69, 9.17) is 9.97 Å². The lowest BCUT2D eigenvalue weighted by atomic mass is 10.0. The standard InChI is InChI=1S/C79H61N7Si/c1-87(2,3)55-54-68-69-46-48-71(80-69)77(56-34-40-65(41-35-56)84(59-22-10-4-11-23-59)60-24-12-5-13-25-60)73-50-52-75(82-73)79(58-38-44-67(45-39-58)86(63-30-18-8-19-31-63)64-32-20-9-21-33-64)76-53-51-74(83-76)78(72-49-47-70(68)81-72)57-36-42-66(43-37-57)85(61-26-14-6-15-27-61)62-28-16-7-17-29-62/h4-53,80,83H,1-3H3. The fourth-order valence-electron chi connectivity index (χ4n) is 11.6. The van der Waals surface area contributed by atoms with Gasteiger partial charge < -0.3 is 24.7 Å². The van der Waals surface area contributed by atoms with Crippen LogP contribution in [-0.2, 0) is 0 Å². The number of aromatic nitrogens is 4. The van der Waals surface area contributed by atoms with Crippen LogP contribution in [0.1, 0.15) is 28.3 Å². The Hall–Kier alpha value is -11.2. The topological polar surface area (TPSA) is 67.1 Å². The fraction of sp³-hybridized carbons (Fsp3) is 0.0380. The molecule has 0 saturated carbocycles. The third-order valence-corrected chi connectivity index (χ3v) is 16.5. The van der Waals surface area contributed by atoms with Crippen molar-refractivity contribution in [2.45, 2.75) is 19.6 Å². The minimum atomic E-state index is -1.87. The zero-order chi connectivity index (χ0) is 58.7. The van der Waals surface area contributed by atoms with Crippen molar-refractivity contribution in [3.8, 4) is 44.8 Å². The number of rotatable bonds is 12. The van der Waals surface area contributed by atoms with Gasteiger partial charge in [-0.3, -0.25) is 0 Å². The van der Waals surface area contributed by atoms with E-state index < -0.39 is 8.07 Å². The molecule has 0 fully saturated rings. The maximum absolute atomic E-state index is 5.69. The summed E-state index contributed by atoms with van der Waals surface area (Å²) >= 11 is 0. The number of hydrogen-bond donors (Lipinski definition) is 2. The lowest BCUT2D eigenvalue weighted by molar-refractivity contribution is 1.28. The zero-order valence-electron chi connectivity index (χ0n) is 48.6. The van der Waals surface area contributed by atoms with Crippen molar-refractivity contribution >= 4 is 106 Å². The van der Waals surface area contributed by atoms with E-state index in [1.807, 2.05) is 0 Å². The highest BCUT2D eigenvalue weighted by molar-refractivity contribution is 6.83. The summed E-state index contributed by atoms with van der Waals surface area (Å²) in [6.07, 6.45) is 8.59. The van der Waals surface area contributed by atoms with Gasteiger partial charge in [-0.25, -0.2) is 9.97 Å². The average Bonchev–Trinajstić information content (AvgIpc) is 2.58. The molecule has 2 aliphatic rings. The monoisotopic (exact) mass is 1140 g/mol. The summed E-state index contributed by atoms with van der Waals surface area (Å²) in [7, 11) is -1.87. The highest BCUT2D eigenvalue weighted by atomic mass is 28.3. The summed E-state index contributed by atoms with van der Waals surface area (Å²) in [6.45, 7) is 6.84. The highest BCUT2D eigenvalue weighted by Crippen LogP contribution is 2.42. The van der Waals surface area contributed by atoms with Gasteiger partial charge in [0.1, 0.15) is 8.07 Å². The summed E-state index contributed by atoms with van der Waals surface area (Å²) in [5, 5.41) is 0. The Labute approximate surface area is 509 Å². The van der Waals surface area contributed by atoms with Crippen LogP contribution in [0.2, 0.25) is 19.6 Å². The highest BCUT2D eigenvalue weighted by Gasteiger charge is 2.22. The van der Waals surface area contributed by atoms with Gasteiger partial charge in [-0.1, -0.05) is 171 Å². The van der Waals surface area contributed by atoms with Crippen LogP contribution >= 0.6 is 0 Å². The molecule has 0 radical (unpaired) electrons. The first-order valence-corrected chi connectivity index (χ1v) is 33.0. The number of para-hydroxylation sites is 6. The molecule has 87 heavy (non-hydrogen) atoms. The second kappa shape index (κ2) is 23.4. The van der Waals surface area contributed by atoms with Crippen LogP contribution in [0.25, 0.3) is 79.8 Å². The van der Waals surface area contributed by atoms with Gasteiger partial charge in [0.15, 0.2) is 0 Å². The van der Waals surface area contributed by atoms with Crippen molar-refractivity contribution in [1.82, 2.24) is 19.9 Å². The lowest BCUT2D eigenvalue weighted by Crippen LogP contribution is -2.16. The summed E-state index contributed by atoms with van der Waals surface area (Å²) in [4.78, 5) is 26.0. The van der Waals surface area contributed by atoms with E-state index in [0.717, 1.165) is 135 Å². The first-order valence-electron chi connectivity index (χ1n) is 29.5. The predicted octanol–water partition coefficient (Wildman–Crippen LogP) is 21.3. The predicted molar refractivity (Wildman–Crippen MR) is 369 cm³/mol. The molecule has 8 bridgehead atoms. The molecule has 12 aromatic rings. The van der Waals surface area contributed by atoms with E-state index in [0.29, 0.717) is 0 Å². The Kier molecular flexibility index (Phi) is 14.5. The van der Waals surface area contributed by atoms with Crippen molar-refractivity contribution < 1.29 is 0 Å². The fourth-order valence-corrected chi connectivity index (χ4v) is 12.1. The van der Waals surface area contributed by atoms with Crippen molar-refractivity contribution in [3.63, 3.8) is 0 Å². The number of nitrogens with zero attached hydrogens (tertiary/aromatic N) is 5. The summed E-state index contributed by atoms with van der Waals surface area (Å²) in [5.74, 6) is 3.69. The van der Waals surface area contributed by atoms with E-state index in [1.54, 1.807) is 0 Å². The Morgan fingerprint density at radius 3 is 0.805 bits per heavy atom. The molecule has 5 heterocycles. The molecule has 2 N–H and O–H groups in total. The van der Waals surface area contributed by atoms with Crippen LogP contribution < -0.4 is 14.7 Å². The van der Waals surface area contributed by atoms with Crippen LogP contribution in [0.4, 0.5) is 51.2 Å². The number of benzene rings is 9. The van der Waals surface area contributed by atoms with Crippen molar-refractivity contribution in [1.29, 1.82) is 0 Å². The molecule has 3 aromatic heterocycles. The van der Waals surface area contributed by atoms with Crippen molar-refractivity contribution in [2.75, 3.05) is 14.7 Å². The molecule has 416 valence electrons. The Balaban J connectivity index is 1.01. The average molecular weight is 1140 g/mol. The summed E-state index contributed by atoms with van der Waals surface area (Å²) in [6, 6.07) is 98.4. The molecular formula is C79H61N7Si. The van der Waals surface area contributed by atoms with Gasteiger partial charge >= 0.3 is 0 Å². The second-order valence-electron chi connectivity index (χ2n) is 22.7. The van der Waals surface area contributed by atoms with Crippen molar-refractivity contribution in [3.05, 3.63) is 307 Å². The molecule has 0 unspecified atom stereocenters. The number of aromatic amines is 2. The Morgan fingerprint density at radius 1 is 0.276 bits per heavy atom. The molecule has 9 aromatic carbocycles. The minimum absolute atomic E-state index is 0.797. The van der Waals surface area contributed by atoms with Gasteiger partial charge in [0.2, 0.25) is 0 Å². The molecule has 8 heteroatoms. The van der Waals surface area contributed by atoms with Gasteiger partial charge in [0.05, 0.1) is 33.9 Å². The van der Waals surface area contributed by atoms with Crippen LogP contribution in [-0.4, -0.2) is 28.0 Å².